The van der Waals surface area contributed by atoms with Crippen LogP contribution in [0.2, 0.25) is 0 Å². The lowest BCUT2D eigenvalue weighted by Crippen LogP contribution is -2.27. The highest BCUT2D eigenvalue weighted by Gasteiger charge is 2.34. The smallest absolute Gasteiger partial charge is 0.274 e. The van der Waals surface area contributed by atoms with Crippen LogP contribution < -0.4 is 0 Å². The Hall–Kier alpha value is -3.74. The first-order valence-electron chi connectivity index (χ1n) is 8.38. The van der Waals surface area contributed by atoms with Crippen LogP contribution in [0.4, 0.5) is 5.69 Å². The van der Waals surface area contributed by atoms with Crippen molar-refractivity contribution in [1.82, 2.24) is 5.01 Å². The number of hydrogen-bond acceptors (Lipinski definition) is 5. The highest BCUT2D eigenvalue weighted by atomic mass is 16.6. The highest BCUT2D eigenvalue weighted by molar-refractivity contribution is 6.03. The number of benzene rings is 2. The van der Waals surface area contributed by atoms with E-state index in [4.69, 9.17) is 4.42 Å². The fourth-order valence-electron chi connectivity index (χ4n) is 3.08. The molecule has 1 unspecified atom stereocenters. The molecular formula is C20H15N3O4. The number of rotatable bonds is 4. The number of amides is 1. The van der Waals surface area contributed by atoms with E-state index in [0.717, 1.165) is 5.56 Å². The number of furan rings is 1. The van der Waals surface area contributed by atoms with Crippen molar-refractivity contribution in [3.8, 4) is 0 Å². The Balaban J connectivity index is 1.70. The number of nitro groups is 1. The molecule has 2 heterocycles. The van der Waals surface area contributed by atoms with Crippen molar-refractivity contribution in [2.75, 3.05) is 0 Å². The number of carbonyl (C=O) groups is 1. The minimum absolute atomic E-state index is 0.00450. The van der Waals surface area contributed by atoms with Gasteiger partial charge in [0, 0.05) is 24.1 Å². The molecule has 0 N–H and O–H groups in total. The van der Waals surface area contributed by atoms with E-state index in [2.05, 4.69) is 5.10 Å². The van der Waals surface area contributed by atoms with Crippen molar-refractivity contribution in [2.45, 2.75) is 12.5 Å². The minimum atomic E-state index is -0.448. The van der Waals surface area contributed by atoms with Gasteiger partial charge in [-0.1, -0.05) is 30.3 Å². The Labute approximate surface area is 154 Å². The molecule has 0 saturated carbocycles. The number of hydrogen-bond donors (Lipinski definition) is 0. The number of hydrazone groups is 1. The molecule has 0 bridgehead atoms. The maximum Gasteiger partial charge on any atom is 0.274 e. The second kappa shape index (κ2) is 6.87. The maximum absolute atomic E-state index is 13.0. The molecule has 1 aliphatic rings. The summed E-state index contributed by atoms with van der Waals surface area (Å²) in [5, 5.41) is 16.8. The van der Waals surface area contributed by atoms with Crippen molar-refractivity contribution in [3.05, 3.63) is 100.0 Å². The average molecular weight is 361 g/mol. The van der Waals surface area contributed by atoms with E-state index in [1.807, 2.05) is 6.07 Å². The third-order valence-corrected chi connectivity index (χ3v) is 4.43. The van der Waals surface area contributed by atoms with Gasteiger partial charge >= 0.3 is 0 Å². The summed E-state index contributed by atoms with van der Waals surface area (Å²) >= 11 is 0. The fraction of sp³-hybridized carbons (Fsp3) is 0.100. The lowest BCUT2D eigenvalue weighted by atomic mass is 10.00. The van der Waals surface area contributed by atoms with Gasteiger partial charge in [-0.2, -0.15) is 5.10 Å². The van der Waals surface area contributed by atoms with Crippen LogP contribution in [0.25, 0.3) is 0 Å². The molecule has 0 fully saturated rings. The van der Waals surface area contributed by atoms with E-state index >= 15 is 0 Å². The lowest BCUT2D eigenvalue weighted by Gasteiger charge is -2.22. The summed E-state index contributed by atoms with van der Waals surface area (Å²) in [6, 6.07) is 18.3. The topological polar surface area (TPSA) is 89.0 Å². The minimum Gasteiger partial charge on any atom is -0.463 e. The Morgan fingerprint density at radius 1 is 1.07 bits per heavy atom. The lowest BCUT2D eigenvalue weighted by molar-refractivity contribution is -0.384. The van der Waals surface area contributed by atoms with Crippen LogP contribution >= 0.6 is 0 Å². The van der Waals surface area contributed by atoms with Crippen LogP contribution in [0.3, 0.4) is 0 Å². The zero-order chi connectivity index (χ0) is 18.8. The van der Waals surface area contributed by atoms with E-state index in [1.54, 1.807) is 54.8 Å². The van der Waals surface area contributed by atoms with Gasteiger partial charge in [0.25, 0.3) is 11.6 Å². The normalized spacial score (nSPS) is 16.2. The zero-order valence-electron chi connectivity index (χ0n) is 14.2. The molecule has 2 aromatic carbocycles. The van der Waals surface area contributed by atoms with E-state index in [0.29, 0.717) is 23.5 Å². The first-order chi connectivity index (χ1) is 13.1. The predicted molar refractivity (Wildman–Crippen MR) is 98.3 cm³/mol. The van der Waals surface area contributed by atoms with E-state index < -0.39 is 4.92 Å². The molecule has 1 amide bonds. The van der Waals surface area contributed by atoms with E-state index in [9.17, 15) is 14.9 Å². The molecule has 27 heavy (non-hydrogen) atoms. The molecule has 0 saturated heterocycles. The summed E-state index contributed by atoms with van der Waals surface area (Å²) in [6.07, 6.45) is 2.02. The predicted octanol–water partition coefficient (Wildman–Crippen LogP) is 4.18. The molecule has 134 valence electrons. The van der Waals surface area contributed by atoms with Crippen molar-refractivity contribution in [1.29, 1.82) is 0 Å². The van der Waals surface area contributed by atoms with Crippen LogP contribution in [0, 0.1) is 10.1 Å². The first-order valence-corrected chi connectivity index (χ1v) is 8.38. The van der Waals surface area contributed by atoms with Gasteiger partial charge < -0.3 is 4.42 Å². The van der Waals surface area contributed by atoms with Crippen LogP contribution in [0.1, 0.15) is 34.1 Å². The molecule has 1 aliphatic heterocycles. The van der Waals surface area contributed by atoms with Gasteiger partial charge in [-0.15, -0.1) is 0 Å². The summed E-state index contributed by atoms with van der Waals surface area (Å²) in [6.45, 7) is 0. The van der Waals surface area contributed by atoms with Gasteiger partial charge in [0.05, 0.1) is 17.2 Å². The monoisotopic (exact) mass is 361 g/mol. The van der Waals surface area contributed by atoms with E-state index in [-0.39, 0.29) is 17.6 Å². The van der Waals surface area contributed by atoms with E-state index in [1.165, 1.54) is 17.1 Å². The molecular weight excluding hydrogens is 346 g/mol. The van der Waals surface area contributed by atoms with Crippen molar-refractivity contribution in [3.63, 3.8) is 0 Å². The van der Waals surface area contributed by atoms with Crippen LogP contribution in [0.15, 0.2) is 82.5 Å². The summed E-state index contributed by atoms with van der Waals surface area (Å²) in [7, 11) is 0. The Morgan fingerprint density at radius 2 is 1.81 bits per heavy atom. The van der Waals surface area contributed by atoms with Gasteiger partial charge in [0.2, 0.25) is 0 Å². The quantitative estimate of drug-likeness (QED) is 0.515. The van der Waals surface area contributed by atoms with Gasteiger partial charge in [-0.3, -0.25) is 14.9 Å². The maximum atomic E-state index is 13.0. The van der Waals surface area contributed by atoms with Crippen LogP contribution in [0.5, 0.6) is 0 Å². The summed E-state index contributed by atoms with van der Waals surface area (Å²) < 4.78 is 5.43. The number of non-ortho nitro benzene ring substituents is 1. The Bertz CT molecular complexity index is 995. The molecule has 0 radical (unpaired) electrons. The van der Waals surface area contributed by atoms with Crippen molar-refractivity contribution >= 4 is 17.3 Å². The molecule has 4 rings (SSSR count). The van der Waals surface area contributed by atoms with Gasteiger partial charge in [0.15, 0.2) is 0 Å². The number of nitrogens with zero attached hydrogens (tertiary/aromatic N) is 3. The van der Waals surface area contributed by atoms with Crippen molar-refractivity contribution < 1.29 is 14.1 Å². The molecule has 0 spiro atoms. The molecule has 7 heteroatoms. The molecule has 3 aromatic rings. The first kappa shape index (κ1) is 16.7. The average Bonchev–Trinajstić information content (AvgIpc) is 3.38. The summed E-state index contributed by atoms with van der Waals surface area (Å²) in [4.78, 5) is 23.5. The third kappa shape index (κ3) is 3.22. The molecule has 1 atom stereocenters. The molecule has 1 aromatic heterocycles. The fourth-order valence-corrected chi connectivity index (χ4v) is 3.08. The van der Waals surface area contributed by atoms with Crippen LogP contribution in [-0.2, 0) is 0 Å². The largest absolute Gasteiger partial charge is 0.463 e. The summed E-state index contributed by atoms with van der Waals surface area (Å²) in [5.41, 5.74) is 1.96. The van der Waals surface area contributed by atoms with Gasteiger partial charge in [-0.25, -0.2) is 5.01 Å². The SMILES string of the molecule is O=C(c1ccccc1)N1N=C(c2ccco2)CC1c1ccc([N+](=O)[O-])cc1. The highest BCUT2D eigenvalue weighted by Crippen LogP contribution is 2.34. The standard InChI is InChI=1S/C20H15N3O4/c24-20(15-5-2-1-3-6-15)22-18(13-17(21-22)19-7-4-12-27-19)14-8-10-16(11-9-14)23(25)26/h1-12,18H,13H2. The summed E-state index contributed by atoms with van der Waals surface area (Å²) in [5.74, 6) is 0.366. The molecule has 0 aliphatic carbocycles. The van der Waals surface area contributed by atoms with Gasteiger partial charge in [0.1, 0.15) is 11.5 Å². The second-order valence-corrected chi connectivity index (χ2v) is 6.11. The third-order valence-electron chi connectivity index (χ3n) is 4.43. The van der Waals surface area contributed by atoms with Crippen molar-refractivity contribution in [2.24, 2.45) is 5.10 Å². The zero-order valence-corrected chi connectivity index (χ0v) is 14.2. The van der Waals surface area contributed by atoms with Gasteiger partial charge in [-0.05, 0) is 29.8 Å². The number of carbonyl (C=O) groups excluding carboxylic acids is 1. The molecule has 7 nitrogen and oxygen atoms in total. The number of nitro benzene ring substituents is 1. The Kier molecular flexibility index (Phi) is 4.25. The van der Waals surface area contributed by atoms with Crippen LogP contribution in [-0.4, -0.2) is 21.6 Å². The second-order valence-electron chi connectivity index (χ2n) is 6.11. The Morgan fingerprint density at radius 3 is 2.44 bits per heavy atom.